The monoisotopic (exact) mass is 352 g/mol. The van der Waals surface area contributed by atoms with E-state index in [9.17, 15) is 22.9 Å². The summed E-state index contributed by atoms with van der Waals surface area (Å²) in [6, 6.07) is 11.7. The van der Waals surface area contributed by atoms with Crippen molar-refractivity contribution in [3.63, 3.8) is 0 Å². The molecular weight excluding hydrogens is 340 g/mol. The Morgan fingerprint density at radius 3 is 2.04 bits per heavy atom. The Labute approximate surface area is 145 Å². The summed E-state index contributed by atoms with van der Waals surface area (Å²) in [5.74, 6) is -0.384. The molecule has 0 saturated heterocycles. The van der Waals surface area contributed by atoms with Crippen molar-refractivity contribution < 1.29 is 22.9 Å². The van der Waals surface area contributed by atoms with Gasteiger partial charge in [0.1, 0.15) is 10.1 Å². The molecule has 0 fully saturated rings. The van der Waals surface area contributed by atoms with E-state index < -0.39 is 10.1 Å². The van der Waals surface area contributed by atoms with Gasteiger partial charge in [0.05, 0.1) is 4.90 Å². The van der Waals surface area contributed by atoms with Crippen LogP contribution in [-0.4, -0.2) is 18.8 Å². The third-order valence-electron chi connectivity index (χ3n) is 3.71. The van der Waals surface area contributed by atoms with Crippen LogP contribution in [0.5, 0.6) is 5.75 Å². The van der Waals surface area contributed by atoms with E-state index in [1.807, 2.05) is 0 Å². The fourth-order valence-corrected chi connectivity index (χ4v) is 3.30. The lowest BCUT2D eigenvalue weighted by Crippen LogP contribution is -2.05. The van der Waals surface area contributed by atoms with Gasteiger partial charge < -0.3 is 9.66 Å². The summed E-state index contributed by atoms with van der Waals surface area (Å²) in [4.78, 5) is 11.0. The summed E-state index contributed by atoms with van der Waals surface area (Å²) < 4.78 is 35.0. The van der Waals surface area contributed by atoms with E-state index in [2.05, 4.69) is 0 Å². The predicted octanol–water partition coefficient (Wildman–Crippen LogP) is 2.16. The van der Waals surface area contributed by atoms with Crippen molar-refractivity contribution in [3.05, 3.63) is 89.5 Å². The van der Waals surface area contributed by atoms with Gasteiger partial charge in [0.15, 0.2) is 5.78 Å². The molecular formula is C19H12O5S-2. The van der Waals surface area contributed by atoms with Crippen molar-refractivity contribution in [1.82, 2.24) is 0 Å². The second kappa shape index (κ2) is 6.51. The number of allylic oxidation sites excluding steroid dienone is 5. The molecule has 1 aliphatic carbocycles. The average molecular weight is 352 g/mol. The molecule has 0 amide bonds. The third-order valence-corrected chi connectivity index (χ3v) is 4.61. The van der Waals surface area contributed by atoms with Crippen molar-refractivity contribution in [1.29, 1.82) is 0 Å². The van der Waals surface area contributed by atoms with Gasteiger partial charge >= 0.3 is 0 Å². The number of rotatable bonds is 3. The van der Waals surface area contributed by atoms with Gasteiger partial charge in [-0.1, -0.05) is 54.6 Å². The SMILES string of the molecule is O=C1C=CC(=C(c2ccc([O-])cc2)c2ccccc2S(=O)(=O)[O-])C=C1. The van der Waals surface area contributed by atoms with Gasteiger partial charge in [0.25, 0.3) is 0 Å². The number of carbonyl (C=O) groups is 1. The van der Waals surface area contributed by atoms with Crippen LogP contribution >= 0.6 is 0 Å². The highest BCUT2D eigenvalue weighted by Gasteiger charge is 2.17. The van der Waals surface area contributed by atoms with Crippen LogP contribution in [0.15, 0.2) is 83.3 Å². The first-order valence-corrected chi connectivity index (χ1v) is 8.74. The maximum absolute atomic E-state index is 11.7. The maximum atomic E-state index is 11.7. The molecule has 0 aromatic heterocycles. The Balaban J connectivity index is 2.33. The standard InChI is InChI=1S/C19H14O5S/c20-15-9-5-13(6-10-15)19(14-7-11-16(21)12-8-14)17-3-1-2-4-18(17)25(22,23)24/h1-12,20H,(H,22,23,24)/p-2. The fraction of sp³-hybridized carbons (Fsp3) is 0. The lowest BCUT2D eigenvalue weighted by atomic mass is 9.91. The minimum absolute atomic E-state index is 0.192. The van der Waals surface area contributed by atoms with Crippen LogP contribution < -0.4 is 5.11 Å². The number of hydrogen-bond acceptors (Lipinski definition) is 5. The molecule has 6 heteroatoms. The van der Waals surface area contributed by atoms with Gasteiger partial charge in [0, 0.05) is 5.56 Å². The molecule has 126 valence electrons. The van der Waals surface area contributed by atoms with Gasteiger partial charge in [-0.25, -0.2) is 8.42 Å². The zero-order chi connectivity index (χ0) is 18.0. The molecule has 1 aliphatic rings. The molecule has 0 atom stereocenters. The Hall–Kier alpha value is -2.96. The molecule has 0 heterocycles. The van der Waals surface area contributed by atoms with Crippen molar-refractivity contribution >= 4 is 21.5 Å². The molecule has 2 aromatic carbocycles. The summed E-state index contributed by atoms with van der Waals surface area (Å²) in [6.45, 7) is 0. The predicted molar refractivity (Wildman–Crippen MR) is 89.6 cm³/mol. The van der Waals surface area contributed by atoms with Crippen LogP contribution in [0, 0.1) is 0 Å². The lowest BCUT2D eigenvalue weighted by molar-refractivity contribution is -0.268. The first-order chi connectivity index (χ1) is 11.9. The Morgan fingerprint density at radius 2 is 1.44 bits per heavy atom. The highest BCUT2D eigenvalue weighted by molar-refractivity contribution is 7.85. The molecule has 2 aromatic rings. The number of ketones is 1. The smallest absolute Gasteiger partial charge is 0.178 e. The van der Waals surface area contributed by atoms with Gasteiger partial charge in [-0.3, -0.25) is 4.79 Å². The minimum atomic E-state index is -4.71. The van der Waals surface area contributed by atoms with Crippen LogP contribution in [0.1, 0.15) is 11.1 Å². The molecule has 0 N–H and O–H groups in total. The molecule has 0 spiro atoms. The Bertz CT molecular complexity index is 1010. The highest BCUT2D eigenvalue weighted by Crippen LogP contribution is 2.33. The normalized spacial score (nSPS) is 14.0. The van der Waals surface area contributed by atoms with Crippen LogP contribution in [0.4, 0.5) is 0 Å². The van der Waals surface area contributed by atoms with Crippen LogP contribution in [0.3, 0.4) is 0 Å². The number of carbonyl (C=O) groups excluding carboxylic acids is 1. The van der Waals surface area contributed by atoms with Gasteiger partial charge in [-0.05, 0) is 34.9 Å². The molecule has 25 heavy (non-hydrogen) atoms. The molecule has 0 unspecified atom stereocenters. The molecule has 0 radical (unpaired) electrons. The maximum Gasteiger partial charge on any atom is 0.178 e. The van der Waals surface area contributed by atoms with Crippen molar-refractivity contribution in [2.45, 2.75) is 4.90 Å². The summed E-state index contributed by atoms with van der Waals surface area (Å²) >= 11 is 0. The zero-order valence-electron chi connectivity index (χ0n) is 12.9. The first kappa shape index (κ1) is 16.9. The second-order valence-corrected chi connectivity index (χ2v) is 6.72. The topological polar surface area (TPSA) is 97.3 Å². The van der Waals surface area contributed by atoms with E-state index >= 15 is 0 Å². The zero-order valence-corrected chi connectivity index (χ0v) is 13.7. The quantitative estimate of drug-likeness (QED) is 0.789. The Kier molecular flexibility index (Phi) is 4.39. The number of hydrogen-bond donors (Lipinski definition) is 0. The van der Waals surface area contributed by atoms with Crippen LogP contribution in [0.25, 0.3) is 5.57 Å². The first-order valence-electron chi connectivity index (χ1n) is 7.33. The molecule has 0 aliphatic heterocycles. The lowest BCUT2D eigenvalue weighted by Gasteiger charge is -2.19. The van der Waals surface area contributed by atoms with E-state index in [0.717, 1.165) is 0 Å². The molecule has 3 rings (SSSR count). The summed E-state index contributed by atoms with van der Waals surface area (Å²) in [5.41, 5.74) is 1.80. The number of benzene rings is 2. The van der Waals surface area contributed by atoms with Crippen molar-refractivity contribution in [2.75, 3.05) is 0 Å². The van der Waals surface area contributed by atoms with Gasteiger partial charge in [0.2, 0.25) is 0 Å². The van der Waals surface area contributed by atoms with Crippen LogP contribution in [-0.2, 0) is 14.9 Å². The Morgan fingerprint density at radius 1 is 0.840 bits per heavy atom. The molecule has 5 nitrogen and oxygen atoms in total. The molecule has 0 saturated carbocycles. The summed E-state index contributed by atoms with van der Waals surface area (Å²) in [5, 5.41) is 11.4. The van der Waals surface area contributed by atoms with Crippen LogP contribution in [0.2, 0.25) is 0 Å². The van der Waals surface area contributed by atoms with E-state index in [0.29, 0.717) is 16.7 Å². The largest absolute Gasteiger partial charge is 0.872 e. The van der Waals surface area contributed by atoms with Crippen molar-refractivity contribution in [3.8, 4) is 5.75 Å². The summed E-state index contributed by atoms with van der Waals surface area (Å²) in [6.07, 6.45) is 5.81. The van der Waals surface area contributed by atoms with E-state index in [-0.39, 0.29) is 22.0 Å². The van der Waals surface area contributed by atoms with Crippen molar-refractivity contribution in [2.24, 2.45) is 0 Å². The third kappa shape index (κ3) is 3.60. The van der Waals surface area contributed by atoms with Gasteiger partial charge in [-0.15, -0.1) is 5.75 Å². The van der Waals surface area contributed by atoms with E-state index in [1.54, 1.807) is 30.4 Å². The average Bonchev–Trinajstić information content (AvgIpc) is 2.58. The van der Waals surface area contributed by atoms with E-state index in [4.69, 9.17) is 0 Å². The highest BCUT2D eigenvalue weighted by atomic mass is 32.2. The fourth-order valence-electron chi connectivity index (χ4n) is 2.61. The van der Waals surface area contributed by atoms with E-state index in [1.165, 1.54) is 42.5 Å². The van der Waals surface area contributed by atoms with Gasteiger partial charge in [-0.2, -0.15) is 0 Å². The minimum Gasteiger partial charge on any atom is -0.872 e. The summed E-state index contributed by atoms with van der Waals surface area (Å²) in [7, 11) is -4.71. The molecule has 0 bridgehead atoms. The second-order valence-electron chi connectivity index (χ2n) is 5.37.